The Bertz CT molecular complexity index is 436. The van der Waals surface area contributed by atoms with Gasteiger partial charge in [0.1, 0.15) is 0 Å². The molecule has 1 saturated carbocycles. The molecule has 17 heavy (non-hydrogen) atoms. The quantitative estimate of drug-likeness (QED) is 0.889. The highest BCUT2D eigenvalue weighted by Gasteiger charge is 2.44. The molecule has 1 unspecified atom stereocenters. The molecule has 5 heteroatoms. The lowest BCUT2D eigenvalue weighted by molar-refractivity contribution is -0.121. The molecular weight excluding hydrogens is 259 g/mol. The minimum atomic E-state index is -0.825. The number of halogens is 2. The molecule has 1 atom stereocenters. The van der Waals surface area contributed by atoms with Crippen LogP contribution in [0.1, 0.15) is 19.8 Å². The standard InChI is InChI=1S/C12H14Cl2N2O/c1-12(15,7-2-3-7)11(17)16-10-5-8(13)4-9(14)6-10/h4-7H,2-3,15H2,1H3,(H,16,17). The third-order valence-electron chi connectivity index (χ3n) is 3.04. The first-order valence-electron chi connectivity index (χ1n) is 5.46. The van der Waals surface area contributed by atoms with Crippen molar-refractivity contribution in [2.24, 2.45) is 11.7 Å². The second kappa shape index (κ2) is 4.48. The van der Waals surface area contributed by atoms with Crippen LogP contribution in [0.4, 0.5) is 5.69 Å². The smallest absolute Gasteiger partial charge is 0.244 e. The summed E-state index contributed by atoms with van der Waals surface area (Å²) in [4.78, 5) is 12.0. The molecule has 1 amide bonds. The van der Waals surface area contributed by atoms with Gasteiger partial charge in [0.15, 0.2) is 0 Å². The van der Waals surface area contributed by atoms with Crippen LogP contribution >= 0.6 is 23.2 Å². The molecule has 1 aromatic rings. The minimum Gasteiger partial charge on any atom is -0.324 e. The van der Waals surface area contributed by atoms with Gasteiger partial charge >= 0.3 is 0 Å². The molecule has 1 aromatic carbocycles. The second-order valence-corrected chi connectivity index (χ2v) is 5.54. The summed E-state index contributed by atoms with van der Waals surface area (Å²) >= 11 is 11.7. The average molecular weight is 273 g/mol. The number of carbonyl (C=O) groups is 1. The molecule has 3 nitrogen and oxygen atoms in total. The van der Waals surface area contributed by atoms with E-state index in [1.54, 1.807) is 25.1 Å². The number of nitrogens with one attached hydrogen (secondary N) is 1. The van der Waals surface area contributed by atoms with Gasteiger partial charge in [0, 0.05) is 15.7 Å². The van der Waals surface area contributed by atoms with E-state index in [4.69, 9.17) is 28.9 Å². The van der Waals surface area contributed by atoms with E-state index in [0.29, 0.717) is 15.7 Å². The molecule has 1 aliphatic rings. The Morgan fingerprint density at radius 1 is 1.35 bits per heavy atom. The first kappa shape index (κ1) is 12.7. The molecule has 0 aromatic heterocycles. The third kappa shape index (κ3) is 2.92. The van der Waals surface area contributed by atoms with Crippen LogP contribution in [0, 0.1) is 5.92 Å². The van der Waals surface area contributed by atoms with Crippen LogP contribution in [-0.2, 0) is 4.79 Å². The van der Waals surface area contributed by atoms with Crippen LogP contribution in [0.15, 0.2) is 18.2 Å². The van der Waals surface area contributed by atoms with E-state index in [9.17, 15) is 4.79 Å². The predicted octanol–water partition coefficient (Wildman–Crippen LogP) is 3.06. The highest BCUT2D eigenvalue weighted by Crippen LogP contribution is 2.38. The molecule has 0 saturated heterocycles. The monoisotopic (exact) mass is 272 g/mol. The lowest BCUT2D eigenvalue weighted by Crippen LogP contribution is -2.50. The maximum atomic E-state index is 12.0. The van der Waals surface area contributed by atoms with Crippen molar-refractivity contribution in [2.75, 3.05) is 5.32 Å². The van der Waals surface area contributed by atoms with E-state index >= 15 is 0 Å². The van der Waals surface area contributed by atoms with Crippen LogP contribution in [0.5, 0.6) is 0 Å². The number of amides is 1. The minimum absolute atomic E-state index is 0.196. The van der Waals surface area contributed by atoms with Gasteiger partial charge in [0.05, 0.1) is 5.54 Å². The Kier molecular flexibility index (Phi) is 3.34. The summed E-state index contributed by atoms with van der Waals surface area (Å²) in [5.74, 6) is 0.0792. The highest BCUT2D eigenvalue weighted by molar-refractivity contribution is 6.35. The molecule has 2 rings (SSSR count). The molecule has 0 aliphatic heterocycles. The number of carbonyl (C=O) groups excluding carboxylic acids is 1. The zero-order chi connectivity index (χ0) is 12.6. The fourth-order valence-corrected chi connectivity index (χ4v) is 2.29. The number of nitrogens with two attached hydrogens (primary N) is 1. The lowest BCUT2D eigenvalue weighted by atomic mass is 9.96. The zero-order valence-electron chi connectivity index (χ0n) is 9.47. The van der Waals surface area contributed by atoms with Crippen molar-refractivity contribution in [3.8, 4) is 0 Å². The molecule has 0 bridgehead atoms. The van der Waals surface area contributed by atoms with E-state index in [1.165, 1.54) is 0 Å². The lowest BCUT2D eigenvalue weighted by Gasteiger charge is -2.23. The zero-order valence-corrected chi connectivity index (χ0v) is 11.0. The van der Waals surface area contributed by atoms with Crippen molar-refractivity contribution in [1.82, 2.24) is 0 Å². The summed E-state index contributed by atoms with van der Waals surface area (Å²) in [7, 11) is 0. The first-order chi connectivity index (χ1) is 7.89. The van der Waals surface area contributed by atoms with Gasteiger partial charge in [0.25, 0.3) is 0 Å². The van der Waals surface area contributed by atoms with Gasteiger partial charge in [-0.3, -0.25) is 4.79 Å². The van der Waals surface area contributed by atoms with Crippen molar-refractivity contribution in [3.05, 3.63) is 28.2 Å². The topological polar surface area (TPSA) is 55.1 Å². The fourth-order valence-electron chi connectivity index (χ4n) is 1.76. The van der Waals surface area contributed by atoms with Gasteiger partial charge in [-0.25, -0.2) is 0 Å². The van der Waals surface area contributed by atoms with Crippen molar-refractivity contribution in [1.29, 1.82) is 0 Å². The van der Waals surface area contributed by atoms with E-state index in [-0.39, 0.29) is 11.8 Å². The number of hydrogen-bond acceptors (Lipinski definition) is 2. The van der Waals surface area contributed by atoms with Crippen LogP contribution < -0.4 is 11.1 Å². The third-order valence-corrected chi connectivity index (χ3v) is 3.47. The van der Waals surface area contributed by atoms with Crippen molar-refractivity contribution in [2.45, 2.75) is 25.3 Å². The van der Waals surface area contributed by atoms with Crippen molar-refractivity contribution >= 4 is 34.8 Å². The number of hydrogen-bond donors (Lipinski definition) is 2. The molecular formula is C12H14Cl2N2O. The van der Waals surface area contributed by atoms with Crippen molar-refractivity contribution in [3.63, 3.8) is 0 Å². The maximum absolute atomic E-state index is 12.0. The van der Waals surface area contributed by atoms with Gasteiger partial charge in [-0.05, 0) is 43.9 Å². The van der Waals surface area contributed by atoms with Gasteiger partial charge in [0.2, 0.25) is 5.91 Å². The fraction of sp³-hybridized carbons (Fsp3) is 0.417. The van der Waals surface area contributed by atoms with E-state index in [1.807, 2.05) is 0 Å². The van der Waals surface area contributed by atoms with Crippen LogP contribution in [0.2, 0.25) is 10.0 Å². The van der Waals surface area contributed by atoms with Crippen LogP contribution in [-0.4, -0.2) is 11.4 Å². The first-order valence-corrected chi connectivity index (χ1v) is 6.21. The normalized spacial score (nSPS) is 18.6. The van der Waals surface area contributed by atoms with Gasteiger partial charge < -0.3 is 11.1 Å². The summed E-state index contributed by atoms with van der Waals surface area (Å²) in [6.45, 7) is 1.76. The van der Waals surface area contributed by atoms with Crippen LogP contribution in [0.25, 0.3) is 0 Å². The van der Waals surface area contributed by atoms with Gasteiger partial charge in [-0.1, -0.05) is 23.2 Å². The highest BCUT2D eigenvalue weighted by atomic mass is 35.5. The Morgan fingerprint density at radius 2 is 1.88 bits per heavy atom. The molecule has 0 spiro atoms. The van der Waals surface area contributed by atoms with E-state index in [2.05, 4.69) is 5.32 Å². The van der Waals surface area contributed by atoms with Crippen LogP contribution in [0.3, 0.4) is 0 Å². The number of anilines is 1. The predicted molar refractivity (Wildman–Crippen MR) is 70.4 cm³/mol. The number of rotatable bonds is 3. The SMILES string of the molecule is CC(N)(C(=O)Nc1cc(Cl)cc(Cl)c1)C1CC1. The summed E-state index contributed by atoms with van der Waals surface area (Å²) in [6, 6.07) is 4.91. The summed E-state index contributed by atoms with van der Waals surface area (Å²) in [5, 5.41) is 3.72. The van der Waals surface area contributed by atoms with E-state index < -0.39 is 5.54 Å². The van der Waals surface area contributed by atoms with Gasteiger partial charge in [-0.15, -0.1) is 0 Å². The second-order valence-electron chi connectivity index (χ2n) is 4.67. The maximum Gasteiger partial charge on any atom is 0.244 e. The Morgan fingerprint density at radius 3 is 2.35 bits per heavy atom. The summed E-state index contributed by atoms with van der Waals surface area (Å²) < 4.78 is 0. The Labute approximate surface area is 110 Å². The summed E-state index contributed by atoms with van der Waals surface area (Å²) in [6.07, 6.45) is 2.02. The van der Waals surface area contributed by atoms with Crippen molar-refractivity contribution < 1.29 is 4.79 Å². The average Bonchev–Trinajstić information content (AvgIpc) is 2.98. The summed E-state index contributed by atoms with van der Waals surface area (Å²) in [5.41, 5.74) is 5.76. The van der Waals surface area contributed by atoms with E-state index in [0.717, 1.165) is 12.8 Å². The molecule has 1 fully saturated rings. The Balaban J connectivity index is 2.12. The molecule has 1 aliphatic carbocycles. The number of benzene rings is 1. The Hall–Kier alpha value is -0.770. The largest absolute Gasteiger partial charge is 0.324 e. The molecule has 0 radical (unpaired) electrons. The van der Waals surface area contributed by atoms with Gasteiger partial charge in [-0.2, -0.15) is 0 Å². The molecule has 0 heterocycles. The molecule has 92 valence electrons. The molecule has 3 N–H and O–H groups in total.